The number of benzene rings is 2. The summed E-state index contributed by atoms with van der Waals surface area (Å²) in [5, 5.41) is 6.03. The van der Waals surface area contributed by atoms with Crippen LogP contribution in [0.5, 0.6) is 0 Å². The number of hydrogen-bond donors (Lipinski definition) is 2. The van der Waals surface area contributed by atoms with E-state index in [0.717, 1.165) is 16.8 Å². The summed E-state index contributed by atoms with van der Waals surface area (Å²) in [5.74, 6) is -2.27. The lowest BCUT2D eigenvalue weighted by molar-refractivity contribution is -0.122. The second-order valence-corrected chi connectivity index (χ2v) is 6.44. The molecule has 11 heteroatoms. The summed E-state index contributed by atoms with van der Waals surface area (Å²) in [7, 11) is 0. The van der Waals surface area contributed by atoms with Crippen molar-refractivity contribution in [2.75, 3.05) is 6.67 Å². The molecule has 0 saturated carbocycles. The molecule has 0 aliphatic rings. The summed E-state index contributed by atoms with van der Waals surface area (Å²) in [6, 6.07) is 5.86. The van der Waals surface area contributed by atoms with Gasteiger partial charge in [0.15, 0.2) is 12.5 Å². The third kappa shape index (κ3) is 4.05. The van der Waals surface area contributed by atoms with E-state index in [1.54, 1.807) is 0 Å². The SMILES string of the molecule is O=C(CF)NCc1cc(-c2nn(-c3ccc(F)c(Cl)c3)c(=O)[nH]2)c(Cl)cc1F. The average Bonchev–Trinajstić information content (AvgIpc) is 3.04. The van der Waals surface area contributed by atoms with Gasteiger partial charge in [0.2, 0.25) is 0 Å². The molecule has 0 bridgehead atoms. The first-order valence-corrected chi connectivity index (χ1v) is 8.51. The van der Waals surface area contributed by atoms with Crippen molar-refractivity contribution in [3.05, 3.63) is 68.1 Å². The van der Waals surface area contributed by atoms with Gasteiger partial charge in [0.1, 0.15) is 11.6 Å². The van der Waals surface area contributed by atoms with Crippen LogP contribution in [0.25, 0.3) is 17.1 Å². The Hall–Kier alpha value is -2.78. The summed E-state index contributed by atoms with van der Waals surface area (Å²) in [6.45, 7) is -1.52. The zero-order valence-corrected chi connectivity index (χ0v) is 15.4. The number of halogens is 5. The number of nitrogens with one attached hydrogen (secondary N) is 2. The molecule has 6 nitrogen and oxygen atoms in total. The molecule has 0 aliphatic heterocycles. The molecule has 3 rings (SSSR count). The molecule has 2 N–H and O–H groups in total. The zero-order valence-electron chi connectivity index (χ0n) is 13.9. The van der Waals surface area contributed by atoms with Gasteiger partial charge in [-0.2, -0.15) is 4.68 Å². The highest BCUT2D eigenvalue weighted by atomic mass is 35.5. The number of carbonyl (C=O) groups excluding carboxylic acids is 1. The lowest BCUT2D eigenvalue weighted by Crippen LogP contribution is -2.24. The normalized spacial score (nSPS) is 10.9. The molecule has 0 radical (unpaired) electrons. The maximum atomic E-state index is 14.1. The Morgan fingerprint density at radius 2 is 1.89 bits per heavy atom. The van der Waals surface area contributed by atoms with E-state index >= 15 is 0 Å². The van der Waals surface area contributed by atoms with Crippen molar-refractivity contribution in [2.24, 2.45) is 0 Å². The van der Waals surface area contributed by atoms with Crippen LogP contribution < -0.4 is 11.0 Å². The number of rotatable bonds is 5. The number of aromatic nitrogens is 3. The van der Waals surface area contributed by atoms with Crippen LogP contribution in [0.2, 0.25) is 10.0 Å². The van der Waals surface area contributed by atoms with Gasteiger partial charge >= 0.3 is 5.69 Å². The van der Waals surface area contributed by atoms with E-state index < -0.39 is 29.9 Å². The van der Waals surface area contributed by atoms with Gasteiger partial charge < -0.3 is 5.32 Å². The Morgan fingerprint density at radius 1 is 1.14 bits per heavy atom. The fraction of sp³-hybridized carbons (Fsp3) is 0.118. The van der Waals surface area contributed by atoms with Crippen molar-refractivity contribution >= 4 is 29.1 Å². The lowest BCUT2D eigenvalue weighted by Gasteiger charge is -2.08. The number of H-pyrrole nitrogens is 1. The molecule has 0 unspecified atom stereocenters. The molecule has 146 valence electrons. The molecular weight excluding hydrogens is 420 g/mol. The summed E-state index contributed by atoms with van der Waals surface area (Å²) >= 11 is 11.8. The van der Waals surface area contributed by atoms with Gasteiger partial charge in [-0.3, -0.25) is 9.78 Å². The van der Waals surface area contributed by atoms with Crippen LogP contribution in [0.15, 0.2) is 35.1 Å². The monoisotopic (exact) mass is 430 g/mol. The van der Waals surface area contributed by atoms with Gasteiger partial charge in [0, 0.05) is 17.7 Å². The molecule has 0 aliphatic carbocycles. The van der Waals surface area contributed by atoms with Crippen LogP contribution in [-0.4, -0.2) is 27.3 Å². The molecule has 28 heavy (non-hydrogen) atoms. The van der Waals surface area contributed by atoms with Crippen LogP contribution in [0.4, 0.5) is 13.2 Å². The Morgan fingerprint density at radius 3 is 2.57 bits per heavy atom. The largest absolute Gasteiger partial charge is 0.350 e. The number of alkyl halides is 1. The standard InChI is InChI=1S/C17H11Cl2F3N4O2/c18-11-5-14(22)8(7-23-15(27)6-20)3-10(11)16-24-17(28)26(25-16)9-1-2-13(21)12(19)4-9/h1-5H,6-7H2,(H,23,27)(H,24,25,28). The molecule has 1 amide bonds. The highest BCUT2D eigenvalue weighted by Crippen LogP contribution is 2.28. The quantitative estimate of drug-likeness (QED) is 0.650. The van der Waals surface area contributed by atoms with E-state index in [4.69, 9.17) is 23.2 Å². The molecule has 2 aromatic carbocycles. The molecule has 3 aromatic rings. The Bertz CT molecular complexity index is 1110. The number of aromatic amines is 1. The molecule has 0 atom stereocenters. The Labute approximate surface area is 165 Å². The molecule has 0 fully saturated rings. The van der Waals surface area contributed by atoms with Gasteiger partial charge in [-0.1, -0.05) is 23.2 Å². The maximum Gasteiger partial charge on any atom is 0.348 e. The highest BCUT2D eigenvalue weighted by Gasteiger charge is 2.16. The predicted molar refractivity (Wildman–Crippen MR) is 97.4 cm³/mol. The second-order valence-electron chi connectivity index (χ2n) is 5.62. The zero-order chi connectivity index (χ0) is 20.4. The number of carbonyl (C=O) groups is 1. The van der Waals surface area contributed by atoms with Gasteiger partial charge in [0.25, 0.3) is 5.91 Å². The smallest absolute Gasteiger partial charge is 0.348 e. The summed E-state index contributed by atoms with van der Waals surface area (Å²) < 4.78 is 40.6. The molecule has 1 aromatic heterocycles. The van der Waals surface area contributed by atoms with E-state index in [0.29, 0.717) is 0 Å². The van der Waals surface area contributed by atoms with E-state index in [9.17, 15) is 22.8 Å². The minimum atomic E-state index is -1.24. The first-order chi connectivity index (χ1) is 13.3. The third-order valence-corrected chi connectivity index (χ3v) is 4.36. The third-order valence-electron chi connectivity index (χ3n) is 3.75. The van der Waals surface area contributed by atoms with Crippen LogP contribution >= 0.6 is 23.2 Å². The van der Waals surface area contributed by atoms with Crippen molar-refractivity contribution in [1.29, 1.82) is 0 Å². The van der Waals surface area contributed by atoms with E-state index in [1.807, 2.05) is 0 Å². The maximum absolute atomic E-state index is 14.1. The molecule has 0 spiro atoms. The summed E-state index contributed by atoms with van der Waals surface area (Å²) in [5.41, 5.74) is -0.268. The van der Waals surface area contributed by atoms with Gasteiger partial charge in [-0.05, 0) is 30.3 Å². The summed E-state index contributed by atoms with van der Waals surface area (Å²) in [4.78, 5) is 25.7. The lowest BCUT2D eigenvalue weighted by atomic mass is 10.1. The van der Waals surface area contributed by atoms with Crippen molar-refractivity contribution < 1.29 is 18.0 Å². The van der Waals surface area contributed by atoms with Gasteiger partial charge in [0.05, 0.1) is 15.7 Å². The Balaban J connectivity index is 2.01. The van der Waals surface area contributed by atoms with Crippen molar-refractivity contribution in [3.63, 3.8) is 0 Å². The van der Waals surface area contributed by atoms with E-state index in [-0.39, 0.29) is 39.2 Å². The van der Waals surface area contributed by atoms with Crippen LogP contribution in [0.1, 0.15) is 5.56 Å². The minimum Gasteiger partial charge on any atom is -0.350 e. The van der Waals surface area contributed by atoms with Crippen molar-refractivity contribution in [2.45, 2.75) is 6.54 Å². The summed E-state index contributed by atoms with van der Waals surface area (Å²) in [6.07, 6.45) is 0. The second kappa shape index (κ2) is 8.07. The van der Waals surface area contributed by atoms with E-state index in [2.05, 4.69) is 15.4 Å². The van der Waals surface area contributed by atoms with Crippen molar-refractivity contribution in [3.8, 4) is 17.1 Å². The van der Waals surface area contributed by atoms with E-state index in [1.165, 1.54) is 18.2 Å². The number of nitrogens with zero attached hydrogens (tertiary/aromatic N) is 2. The highest BCUT2D eigenvalue weighted by molar-refractivity contribution is 6.33. The van der Waals surface area contributed by atoms with Crippen LogP contribution in [-0.2, 0) is 11.3 Å². The first-order valence-electron chi connectivity index (χ1n) is 7.76. The number of amides is 1. The molecule has 1 heterocycles. The fourth-order valence-corrected chi connectivity index (χ4v) is 2.80. The molecular formula is C17H11Cl2F3N4O2. The number of hydrogen-bond acceptors (Lipinski definition) is 3. The van der Waals surface area contributed by atoms with Gasteiger partial charge in [-0.25, -0.2) is 18.0 Å². The van der Waals surface area contributed by atoms with Gasteiger partial charge in [-0.15, -0.1) is 5.10 Å². The first kappa shape index (κ1) is 20.0. The van der Waals surface area contributed by atoms with Crippen LogP contribution in [0, 0.1) is 11.6 Å². The predicted octanol–water partition coefficient (Wildman–Crippen LogP) is 3.40. The fourth-order valence-electron chi connectivity index (χ4n) is 2.39. The Kier molecular flexibility index (Phi) is 5.76. The van der Waals surface area contributed by atoms with Crippen molar-refractivity contribution in [1.82, 2.24) is 20.1 Å². The average molecular weight is 431 g/mol. The van der Waals surface area contributed by atoms with Crippen LogP contribution in [0.3, 0.4) is 0 Å². The minimum absolute atomic E-state index is 0.00788. The topological polar surface area (TPSA) is 79.8 Å². The molecule has 0 saturated heterocycles.